The van der Waals surface area contributed by atoms with Crippen LogP contribution in [0.15, 0.2) is 11.1 Å². The number of nitrogens with two attached hydrogens (primary N) is 1. The molecule has 0 unspecified atom stereocenters. The van der Waals surface area contributed by atoms with E-state index in [1.54, 1.807) is 6.92 Å². The zero-order valence-corrected chi connectivity index (χ0v) is 7.02. The Bertz CT molecular complexity index is 179. The summed E-state index contributed by atoms with van der Waals surface area (Å²) in [7, 11) is 0. The molecule has 0 amide bonds. The SMILES string of the molecule is CC1=C(C)[C@@](C)(O)[C@@]1(C)N. The van der Waals surface area contributed by atoms with Crippen LogP contribution in [0.3, 0.4) is 0 Å². The third-order valence-corrected chi connectivity index (χ3v) is 3.08. The van der Waals surface area contributed by atoms with Gasteiger partial charge in [-0.15, -0.1) is 0 Å². The molecule has 2 nitrogen and oxygen atoms in total. The minimum atomic E-state index is -0.795. The average Bonchev–Trinajstić information content (AvgIpc) is 1.84. The molecule has 3 N–H and O–H groups in total. The van der Waals surface area contributed by atoms with E-state index in [0.29, 0.717) is 0 Å². The van der Waals surface area contributed by atoms with Crippen LogP contribution in [0.4, 0.5) is 0 Å². The molecule has 0 saturated heterocycles. The van der Waals surface area contributed by atoms with E-state index < -0.39 is 11.1 Å². The van der Waals surface area contributed by atoms with Crippen LogP contribution < -0.4 is 5.73 Å². The highest BCUT2D eigenvalue weighted by atomic mass is 16.3. The summed E-state index contributed by atoms with van der Waals surface area (Å²) in [5, 5.41) is 9.70. The molecular weight excluding hydrogens is 126 g/mol. The first-order chi connectivity index (χ1) is 4.32. The van der Waals surface area contributed by atoms with Crippen molar-refractivity contribution < 1.29 is 5.11 Å². The standard InChI is InChI=1S/C8H15NO/c1-5-6(2)8(4,10)7(5,3)9/h10H,9H2,1-4H3/t7-,8+/m0/s1. The summed E-state index contributed by atoms with van der Waals surface area (Å²) in [6.45, 7) is 7.50. The number of hydrogen-bond donors (Lipinski definition) is 2. The lowest BCUT2D eigenvalue weighted by Crippen LogP contribution is -2.65. The lowest BCUT2D eigenvalue weighted by Gasteiger charge is -2.51. The van der Waals surface area contributed by atoms with Gasteiger partial charge < -0.3 is 10.8 Å². The van der Waals surface area contributed by atoms with Gasteiger partial charge >= 0.3 is 0 Å². The molecule has 1 rings (SSSR count). The molecule has 0 spiro atoms. The lowest BCUT2D eigenvalue weighted by atomic mass is 9.62. The third kappa shape index (κ3) is 0.559. The predicted molar refractivity (Wildman–Crippen MR) is 41.6 cm³/mol. The Labute approximate surface area is 61.7 Å². The van der Waals surface area contributed by atoms with Crippen molar-refractivity contribution in [3.63, 3.8) is 0 Å². The van der Waals surface area contributed by atoms with Gasteiger partial charge in [-0.2, -0.15) is 0 Å². The van der Waals surface area contributed by atoms with Crippen molar-refractivity contribution in [2.45, 2.75) is 38.8 Å². The molecule has 1 aliphatic carbocycles. The number of hydrogen-bond acceptors (Lipinski definition) is 2. The van der Waals surface area contributed by atoms with E-state index in [2.05, 4.69) is 0 Å². The quantitative estimate of drug-likeness (QED) is 0.490. The van der Waals surface area contributed by atoms with Gasteiger partial charge in [-0.3, -0.25) is 0 Å². The Balaban J connectivity index is 3.10. The van der Waals surface area contributed by atoms with Gasteiger partial charge in [0.15, 0.2) is 0 Å². The molecule has 0 aromatic carbocycles. The van der Waals surface area contributed by atoms with Crippen molar-refractivity contribution in [1.82, 2.24) is 0 Å². The number of aliphatic hydroxyl groups is 1. The fourth-order valence-corrected chi connectivity index (χ4v) is 1.45. The maximum absolute atomic E-state index is 9.70. The Hall–Kier alpha value is -0.340. The zero-order chi connectivity index (χ0) is 8.15. The molecule has 2 heteroatoms. The van der Waals surface area contributed by atoms with E-state index in [1.807, 2.05) is 20.8 Å². The molecule has 0 bridgehead atoms. The Kier molecular flexibility index (Phi) is 1.26. The minimum Gasteiger partial charge on any atom is -0.384 e. The van der Waals surface area contributed by atoms with Gasteiger partial charge in [-0.25, -0.2) is 0 Å². The summed E-state index contributed by atoms with van der Waals surface area (Å²) >= 11 is 0. The van der Waals surface area contributed by atoms with Crippen LogP contribution in [0.25, 0.3) is 0 Å². The first-order valence-corrected chi connectivity index (χ1v) is 3.51. The van der Waals surface area contributed by atoms with E-state index in [9.17, 15) is 5.11 Å². The Morgan fingerprint density at radius 3 is 1.70 bits per heavy atom. The van der Waals surface area contributed by atoms with Gasteiger partial charge in [0.05, 0.1) is 5.54 Å². The van der Waals surface area contributed by atoms with Crippen LogP contribution >= 0.6 is 0 Å². The first-order valence-electron chi connectivity index (χ1n) is 3.51. The predicted octanol–water partition coefficient (Wildman–Crippen LogP) is 0.805. The van der Waals surface area contributed by atoms with Crippen LogP contribution in [0, 0.1) is 0 Å². The summed E-state index contributed by atoms with van der Waals surface area (Å²) in [6, 6.07) is 0. The van der Waals surface area contributed by atoms with Crippen molar-refractivity contribution >= 4 is 0 Å². The molecule has 2 atom stereocenters. The van der Waals surface area contributed by atoms with Gasteiger partial charge in [-0.1, -0.05) is 0 Å². The van der Waals surface area contributed by atoms with E-state index in [-0.39, 0.29) is 0 Å². The molecule has 0 radical (unpaired) electrons. The van der Waals surface area contributed by atoms with Crippen LogP contribution in [0.2, 0.25) is 0 Å². The van der Waals surface area contributed by atoms with E-state index >= 15 is 0 Å². The van der Waals surface area contributed by atoms with E-state index in [1.165, 1.54) is 0 Å². The van der Waals surface area contributed by atoms with E-state index in [4.69, 9.17) is 5.73 Å². The molecule has 0 aromatic heterocycles. The summed E-state index contributed by atoms with van der Waals surface area (Å²) in [4.78, 5) is 0. The van der Waals surface area contributed by atoms with Gasteiger partial charge in [0, 0.05) is 0 Å². The van der Waals surface area contributed by atoms with Crippen molar-refractivity contribution in [2.75, 3.05) is 0 Å². The third-order valence-electron chi connectivity index (χ3n) is 3.08. The molecule has 58 valence electrons. The average molecular weight is 141 g/mol. The highest BCUT2D eigenvalue weighted by Gasteiger charge is 2.52. The van der Waals surface area contributed by atoms with E-state index in [0.717, 1.165) is 11.1 Å². The van der Waals surface area contributed by atoms with Gasteiger partial charge in [-0.05, 0) is 38.8 Å². The summed E-state index contributed by atoms with van der Waals surface area (Å²) < 4.78 is 0. The topological polar surface area (TPSA) is 46.2 Å². The van der Waals surface area contributed by atoms with Crippen molar-refractivity contribution in [3.05, 3.63) is 11.1 Å². The maximum Gasteiger partial charge on any atom is 0.104 e. The monoisotopic (exact) mass is 141 g/mol. The van der Waals surface area contributed by atoms with Crippen LogP contribution in [-0.2, 0) is 0 Å². The second-order valence-corrected chi connectivity index (χ2v) is 3.52. The summed E-state index contributed by atoms with van der Waals surface area (Å²) in [5.41, 5.74) is 6.63. The molecule has 0 heterocycles. The van der Waals surface area contributed by atoms with Gasteiger partial charge in [0.25, 0.3) is 0 Å². The fraction of sp³-hybridized carbons (Fsp3) is 0.750. The Morgan fingerprint density at radius 2 is 1.60 bits per heavy atom. The molecule has 10 heavy (non-hydrogen) atoms. The fourth-order valence-electron chi connectivity index (χ4n) is 1.45. The van der Waals surface area contributed by atoms with Crippen molar-refractivity contribution in [2.24, 2.45) is 5.73 Å². The van der Waals surface area contributed by atoms with Gasteiger partial charge in [0.1, 0.15) is 5.60 Å². The highest BCUT2D eigenvalue weighted by molar-refractivity contribution is 5.46. The second-order valence-electron chi connectivity index (χ2n) is 3.52. The largest absolute Gasteiger partial charge is 0.384 e. The summed E-state index contributed by atoms with van der Waals surface area (Å²) in [6.07, 6.45) is 0. The molecule has 0 saturated carbocycles. The normalized spacial score (nSPS) is 47.4. The molecule has 1 aliphatic rings. The molecular formula is C8H15NO. The minimum absolute atomic E-state index is 0.517. The van der Waals surface area contributed by atoms with Crippen LogP contribution in [0.1, 0.15) is 27.7 Å². The maximum atomic E-state index is 9.70. The Morgan fingerprint density at radius 1 is 1.20 bits per heavy atom. The van der Waals surface area contributed by atoms with Crippen LogP contribution in [0.5, 0.6) is 0 Å². The lowest BCUT2D eigenvalue weighted by molar-refractivity contribution is 0.00977. The molecule has 0 fully saturated rings. The zero-order valence-electron chi connectivity index (χ0n) is 7.02. The summed E-state index contributed by atoms with van der Waals surface area (Å²) in [5.74, 6) is 0. The van der Waals surface area contributed by atoms with Gasteiger partial charge in [0.2, 0.25) is 0 Å². The highest BCUT2D eigenvalue weighted by Crippen LogP contribution is 2.44. The molecule has 0 aromatic rings. The first kappa shape index (κ1) is 7.76. The van der Waals surface area contributed by atoms with Crippen LogP contribution in [-0.4, -0.2) is 16.2 Å². The number of rotatable bonds is 0. The molecule has 0 aliphatic heterocycles. The van der Waals surface area contributed by atoms with Crippen molar-refractivity contribution in [3.8, 4) is 0 Å². The van der Waals surface area contributed by atoms with Crippen molar-refractivity contribution in [1.29, 1.82) is 0 Å². The second kappa shape index (κ2) is 1.63. The smallest absolute Gasteiger partial charge is 0.104 e.